The first-order valence-electron chi connectivity index (χ1n) is 5.98. The average Bonchev–Trinajstić information content (AvgIpc) is 2.27. The zero-order chi connectivity index (χ0) is 13.7. The summed E-state index contributed by atoms with van der Waals surface area (Å²) in [5, 5.41) is 2.25. The molecule has 0 aliphatic carbocycles. The minimum atomic E-state index is -0.536. The quantitative estimate of drug-likeness (QED) is 0.656. The predicted molar refractivity (Wildman–Crippen MR) is 74.2 cm³/mol. The van der Waals surface area contributed by atoms with Gasteiger partial charge in [0, 0.05) is 17.7 Å². The normalized spacial score (nSPS) is 12.3. The maximum absolute atomic E-state index is 11.6. The Morgan fingerprint density at radius 1 is 1.17 bits per heavy atom. The topological polar surface area (TPSA) is 46.2 Å². The second-order valence-electron chi connectivity index (χ2n) is 4.70. The summed E-state index contributed by atoms with van der Waals surface area (Å²) in [4.78, 5) is 23.2. The molecule has 3 nitrogen and oxygen atoms in total. The summed E-state index contributed by atoms with van der Waals surface area (Å²) in [6.45, 7) is 5.62. The zero-order valence-electron chi connectivity index (χ0n) is 10.9. The van der Waals surface area contributed by atoms with Gasteiger partial charge in [-0.1, -0.05) is 13.8 Å². The van der Waals surface area contributed by atoms with Crippen LogP contribution < -0.4 is 5.32 Å². The van der Waals surface area contributed by atoms with Crippen LogP contribution in [0.2, 0.25) is 0 Å². The van der Waals surface area contributed by atoms with Crippen molar-refractivity contribution in [2.45, 2.75) is 32.6 Å². The molecule has 0 aromatic heterocycles. The summed E-state index contributed by atoms with van der Waals surface area (Å²) < 4.78 is 0. The smallest absolute Gasteiger partial charge is 0.224 e. The Morgan fingerprint density at radius 2 is 1.72 bits per heavy atom. The fraction of sp³-hybridized carbons (Fsp3) is 0.429. The molecule has 0 radical (unpaired) electrons. The number of carbonyl (C=O) groups is 2. The van der Waals surface area contributed by atoms with Crippen LogP contribution in [0, 0.1) is 5.92 Å². The molecule has 0 aliphatic heterocycles. The Balaban J connectivity index is 2.66. The summed E-state index contributed by atoms with van der Waals surface area (Å²) in [5.74, 6) is 0.189. The van der Waals surface area contributed by atoms with Crippen molar-refractivity contribution in [2.24, 2.45) is 5.92 Å². The molecular formula is C14H18ClNO2. The largest absolute Gasteiger partial charge is 0.326 e. The molecule has 0 bridgehead atoms. The molecule has 0 aliphatic rings. The molecule has 1 rings (SSSR count). The molecule has 0 saturated carbocycles. The van der Waals surface area contributed by atoms with Crippen molar-refractivity contribution >= 4 is 29.0 Å². The minimum absolute atomic E-state index is 0.0187. The first-order chi connectivity index (χ1) is 8.40. The molecule has 4 heteroatoms. The van der Waals surface area contributed by atoms with Crippen molar-refractivity contribution in [1.29, 1.82) is 0 Å². The molecule has 0 heterocycles. The van der Waals surface area contributed by atoms with E-state index in [9.17, 15) is 9.59 Å². The van der Waals surface area contributed by atoms with E-state index in [2.05, 4.69) is 5.32 Å². The SMILES string of the molecule is CC(C)CC(=O)Nc1ccc(C(=O)C(C)Cl)cc1. The molecule has 0 spiro atoms. The van der Waals surface area contributed by atoms with Crippen molar-refractivity contribution in [1.82, 2.24) is 0 Å². The van der Waals surface area contributed by atoms with Crippen LogP contribution in [0.1, 0.15) is 37.6 Å². The first-order valence-corrected chi connectivity index (χ1v) is 6.42. The third-order valence-electron chi connectivity index (χ3n) is 2.41. The molecule has 1 unspecified atom stereocenters. The molecular weight excluding hydrogens is 250 g/mol. The van der Waals surface area contributed by atoms with Gasteiger partial charge in [-0.25, -0.2) is 0 Å². The Kier molecular flexibility index (Phi) is 5.35. The number of hydrogen-bond acceptors (Lipinski definition) is 2. The van der Waals surface area contributed by atoms with Crippen molar-refractivity contribution in [3.8, 4) is 0 Å². The van der Waals surface area contributed by atoms with Gasteiger partial charge in [0.1, 0.15) is 0 Å². The number of rotatable bonds is 5. The highest BCUT2D eigenvalue weighted by molar-refractivity contribution is 6.33. The van der Waals surface area contributed by atoms with E-state index in [1.165, 1.54) is 0 Å². The lowest BCUT2D eigenvalue weighted by molar-refractivity contribution is -0.116. The van der Waals surface area contributed by atoms with Gasteiger partial charge < -0.3 is 5.32 Å². The minimum Gasteiger partial charge on any atom is -0.326 e. The van der Waals surface area contributed by atoms with Crippen LogP contribution >= 0.6 is 11.6 Å². The monoisotopic (exact) mass is 267 g/mol. The molecule has 0 saturated heterocycles. The van der Waals surface area contributed by atoms with Gasteiger partial charge in [0.25, 0.3) is 0 Å². The van der Waals surface area contributed by atoms with Crippen LogP contribution in [0.3, 0.4) is 0 Å². The number of benzene rings is 1. The lowest BCUT2D eigenvalue weighted by Gasteiger charge is -2.08. The zero-order valence-corrected chi connectivity index (χ0v) is 11.6. The molecule has 1 N–H and O–H groups in total. The Bertz CT molecular complexity index is 424. The van der Waals surface area contributed by atoms with E-state index in [0.717, 1.165) is 0 Å². The fourth-order valence-electron chi connectivity index (χ4n) is 1.53. The van der Waals surface area contributed by atoms with E-state index < -0.39 is 5.38 Å². The van der Waals surface area contributed by atoms with Gasteiger partial charge in [0.15, 0.2) is 5.78 Å². The summed E-state index contributed by atoms with van der Waals surface area (Å²) in [5.41, 5.74) is 1.25. The van der Waals surface area contributed by atoms with Crippen molar-refractivity contribution in [3.05, 3.63) is 29.8 Å². The van der Waals surface area contributed by atoms with Gasteiger partial charge in [-0.3, -0.25) is 9.59 Å². The summed E-state index contributed by atoms with van der Waals surface area (Å²) in [6.07, 6.45) is 0.486. The molecule has 18 heavy (non-hydrogen) atoms. The number of halogens is 1. The number of carbonyl (C=O) groups excluding carboxylic acids is 2. The molecule has 1 aromatic carbocycles. The molecule has 1 aromatic rings. The highest BCUT2D eigenvalue weighted by Crippen LogP contribution is 2.14. The fourth-order valence-corrected chi connectivity index (χ4v) is 1.66. The maximum atomic E-state index is 11.6. The maximum Gasteiger partial charge on any atom is 0.224 e. The summed E-state index contributed by atoms with van der Waals surface area (Å²) in [7, 11) is 0. The average molecular weight is 268 g/mol. The Labute approximate surface area is 113 Å². The number of nitrogens with one attached hydrogen (secondary N) is 1. The molecule has 98 valence electrons. The second-order valence-corrected chi connectivity index (χ2v) is 5.36. The van der Waals surface area contributed by atoms with Crippen LogP contribution in [0.4, 0.5) is 5.69 Å². The van der Waals surface area contributed by atoms with Gasteiger partial charge in [0.05, 0.1) is 5.38 Å². The summed E-state index contributed by atoms with van der Waals surface area (Å²) in [6, 6.07) is 6.77. The van der Waals surface area contributed by atoms with Crippen LogP contribution in [-0.2, 0) is 4.79 Å². The molecule has 1 atom stereocenters. The Hall–Kier alpha value is -1.35. The number of alkyl halides is 1. The van der Waals surface area contributed by atoms with Crippen LogP contribution in [-0.4, -0.2) is 17.1 Å². The van der Waals surface area contributed by atoms with Gasteiger partial charge in [-0.05, 0) is 37.1 Å². The third kappa shape index (κ3) is 4.49. The van der Waals surface area contributed by atoms with Crippen molar-refractivity contribution in [3.63, 3.8) is 0 Å². The van der Waals surface area contributed by atoms with Gasteiger partial charge in [0.2, 0.25) is 5.91 Å². The van der Waals surface area contributed by atoms with Crippen LogP contribution in [0.5, 0.6) is 0 Å². The van der Waals surface area contributed by atoms with Crippen LogP contribution in [0.15, 0.2) is 24.3 Å². The number of anilines is 1. The van der Waals surface area contributed by atoms with E-state index in [0.29, 0.717) is 23.6 Å². The van der Waals surface area contributed by atoms with E-state index >= 15 is 0 Å². The number of Topliss-reactive ketones (excluding diaryl/α,β-unsaturated/α-hetero) is 1. The van der Waals surface area contributed by atoms with Gasteiger partial charge >= 0.3 is 0 Å². The highest BCUT2D eigenvalue weighted by Gasteiger charge is 2.12. The predicted octanol–water partition coefficient (Wildman–Crippen LogP) is 3.48. The number of amides is 1. The Morgan fingerprint density at radius 3 is 2.17 bits per heavy atom. The number of ketones is 1. The third-order valence-corrected chi connectivity index (χ3v) is 2.61. The number of hydrogen-bond donors (Lipinski definition) is 1. The van der Waals surface area contributed by atoms with E-state index in [1.807, 2.05) is 13.8 Å². The lowest BCUT2D eigenvalue weighted by Crippen LogP contribution is -2.14. The highest BCUT2D eigenvalue weighted by atomic mass is 35.5. The van der Waals surface area contributed by atoms with Crippen molar-refractivity contribution < 1.29 is 9.59 Å². The van der Waals surface area contributed by atoms with Gasteiger partial charge in [-0.2, -0.15) is 0 Å². The first kappa shape index (κ1) is 14.7. The molecule has 1 amide bonds. The van der Waals surface area contributed by atoms with E-state index in [4.69, 9.17) is 11.6 Å². The molecule has 0 fully saturated rings. The van der Waals surface area contributed by atoms with Gasteiger partial charge in [-0.15, -0.1) is 11.6 Å². The second kappa shape index (κ2) is 6.55. The van der Waals surface area contributed by atoms with Crippen molar-refractivity contribution in [2.75, 3.05) is 5.32 Å². The van der Waals surface area contributed by atoms with E-state index in [-0.39, 0.29) is 11.7 Å². The lowest BCUT2D eigenvalue weighted by atomic mass is 10.1. The van der Waals surface area contributed by atoms with Crippen LogP contribution in [0.25, 0.3) is 0 Å². The van der Waals surface area contributed by atoms with E-state index in [1.54, 1.807) is 31.2 Å². The standard InChI is InChI=1S/C14H18ClNO2/c1-9(2)8-13(17)16-12-6-4-11(5-7-12)14(18)10(3)15/h4-7,9-10H,8H2,1-3H3,(H,16,17). The summed E-state index contributed by atoms with van der Waals surface area (Å²) >= 11 is 5.72.